The third-order valence-electron chi connectivity index (χ3n) is 4.07. The van der Waals surface area contributed by atoms with Crippen LogP contribution in [0.4, 0.5) is 17.1 Å². The molecule has 1 aliphatic rings. The third kappa shape index (κ3) is 3.70. The van der Waals surface area contributed by atoms with E-state index in [1.807, 2.05) is 0 Å². The smallest absolute Gasteiger partial charge is 0.270 e. The number of benzene rings is 2. The lowest BCUT2D eigenvalue weighted by Gasteiger charge is -2.23. The van der Waals surface area contributed by atoms with E-state index in [-0.39, 0.29) is 16.3 Å². The first-order chi connectivity index (χ1) is 12.0. The van der Waals surface area contributed by atoms with Crippen LogP contribution < -0.4 is 10.2 Å². The Morgan fingerprint density at radius 3 is 2.48 bits per heavy atom. The minimum absolute atomic E-state index is 0.0245. The van der Waals surface area contributed by atoms with E-state index in [1.54, 1.807) is 18.2 Å². The number of nitrogens with zero attached hydrogens (tertiary/aromatic N) is 2. The highest BCUT2D eigenvalue weighted by Gasteiger charge is 2.21. The van der Waals surface area contributed by atoms with Crippen molar-refractivity contribution >= 4 is 46.2 Å². The van der Waals surface area contributed by atoms with Crippen molar-refractivity contribution in [1.82, 2.24) is 0 Å². The van der Waals surface area contributed by atoms with Gasteiger partial charge < -0.3 is 10.2 Å². The molecule has 1 amide bonds. The van der Waals surface area contributed by atoms with Crippen molar-refractivity contribution in [2.75, 3.05) is 23.3 Å². The molecule has 0 aliphatic carbocycles. The Morgan fingerprint density at radius 2 is 1.84 bits per heavy atom. The molecule has 1 fully saturated rings. The van der Waals surface area contributed by atoms with Gasteiger partial charge in [-0.15, -0.1) is 0 Å². The number of rotatable bonds is 4. The number of hydrogen-bond donors (Lipinski definition) is 1. The van der Waals surface area contributed by atoms with Crippen LogP contribution in [-0.4, -0.2) is 23.9 Å². The summed E-state index contributed by atoms with van der Waals surface area (Å²) in [5, 5.41) is 14.2. The Kier molecular flexibility index (Phi) is 5.11. The van der Waals surface area contributed by atoms with E-state index < -0.39 is 10.8 Å². The van der Waals surface area contributed by atoms with Gasteiger partial charge in [0, 0.05) is 25.2 Å². The number of nitrogens with one attached hydrogen (secondary N) is 1. The minimum Gasteiger partial charge on any atom is -0.369 e. The number of para-hydroxylation sites is 1. The van der Waals surface area contributed by atoms with E-state index >= 15 is 0 Å². The molecule has 8 heteroatoms. The highest BCUT2D eigenvalue weighted by molar-refractivity contribution is 6.35. The molecule has 0 atom stereocenters. The third-order valence-corrected chi connectivity index (χ3v) is 4.68. The number of carbonyl (C=O) groups is 1. The van der Waals surface area contributed by atoms with Gasteiger partial charge in [-0.3, -0.25) is 14.9 Å². The predicted octanol–water partition coefficient (Wildman–Crippen LogP) is 4.75. The topological polar surface area (TPSA) is 75.5 Å². The fourth-order valence-electron chi connectivity index (χ4n) is 2.87. The lowest BCUT2D eigenvalue weighted by atomic mass is 10.1. The Bertz CT molecular complexity index is 836. The number of carbonyl (C=O) groups excluding carboxylic acids is 1. The number of anilines is 2. The molecule has 0 bridgehead atoms. The lowest BCUT2D eigenvalue weighted by molar-refractivity contribution is -0.384. The molecule has 0 aromatic heterocycles. The number of non-ortho nitro benzene ring substituents is 1. The summed E-state index contributed by atoms with van der Waals surface area (Å²) in [5.74, 6) is -0.442. The maximum Gasteiger partial charge on any atom is 0.270 e. The molecular weight excluding hydrogens is 365 g/mol. The van der Waals surface area contributed by atoms with Gasteiger partial charge in [0.25, 0.3) is 11.6 Å². The van der Waals surface area contributed by atoms with E-state index in [9.17, 15) is 14.9 Å². The molecular formula is C17H15Cl2N3O3. The van der Waals surface area contributed by atoms with E-state index in [2.05, 4.69) is 10.2 Å². The summed E-state index contributed by atoms with van der Waals surface area (Å²) >= 11 is 12.4. The highest BCUT2D eigenvalue weighted by Crippen LogP contribution is 2.36. The van der Waals surface area contributed by atoms with Crippen molar-refractivity contribution in [3.63, 3.8) is 0 Å². The van der Waals surface area contributed by atoms with Gasteiger partial charge in [-0.1, -0.05) is 29.3 Å². The van der Waals surface area contributed by atoms with Crippen LogP contribution in [0.2, 0.25) is 10.0 Å². The zero-order chi connectivity index (χ0) is 18.0. The molecule has 0 radical (unpaired) electrons. The van der Waals surface area contributed by atoms with Crippen molar-refractivity contribution in [1.29, 1.82) is 0 Å². The average Bonchev–Trinajstić information content (AvgIpc) is 3.08. The minimum atomic E-state index is -0.560. The standard InChI is InChI=1S/C17H15Cl2N3O3/c18-13-4-3-5-15(16(13)21-8-1-2-9-21)20-17(23)12-7-6-11(22(24)25)10-14(12)19/h3-7,10H,1-2,8-9H2,(H,20,23). The molecule has 1 saturated heterocycles. The van der Waals surface area contributed by atoms with E-state index in [1.165, 1.54) is 12.1 Å². The summed E-state index contributed by atoms with van der Waals surface area (Å²) in [4.78, 5) is 24.9. The maximum atomic E-state index is 12.6. The molecule has 0 spiro atoms. The molecule has 3 rings (SSSR count). The van der Waals surface area contributed by atoms with Crippen LogP contribution in [0.25, 0.3) is 0 Å². The van der Waals surface area contributed by atoms with Gasteiger partial charge in [-0.05, 0) is 31.0 Å². The van der Waals surface area contributed by atoms with Gasteiger partial charge >= 0.3 is 0 Å². The fourth-order valence-corrected chi connectivity index (χ4v) is 3.42. The van der Waals surface area contributed by atoms with Gasteiger partial charge in [0.15, 0.2) is 0 Å². The number of hydrogen-bond acceptors (Lipinski definition) is 4. The molecule has 2 aromatic carbocycles. The van der Waals surface area contributed by atoms with Crippen molar-refractivity contribution in [2.24, 2.45) is 0 Å². The summed E-state index contributed by atoms with van der Waals surface area (Å²) in [6.07, 6.45) is 2.15. The SMILES string of the molecule is O=C(Nc1cccc(Cl)c1N1CCCC1)c1ccc([N+](=O)[O-])cc1Cl. The summed E-state index contributed by atoms with van der Waals surface area (Å²) < 4.78 is 0. The van der Waals surface area contributed by atoms with Crippen molar-refractivity contribution in [2.45, 2.75) is 12.8 Å². The van der Waals surface area contributed by atoms with Crippen LogP contribution in [0.5, 0.6) is 0 Å². The number of amides is 1. The fraction of sp³-hybridized carbons (Fsp3) is 0.235. The van der Waals surface area contributed by atoms with Crippen molar-refractivity contribution in [3.05, 3.63) is 62.1 Å². The Hall–Kier alpha value is -2.31. The van der Waals surface area contributed by atoms with Crippen molar-refractivity contribution in [3.8, 4) is 0 Å². The van der Waals surface area contributed by atoms with Crippen LogP contribution in [0.15, 0.2) is 36.4 Å². The summed E-state index contributed by atoms with van der Waals surface area (Å²) in [5.41, 5.74) is 1.38. The summed E-state index contributed by atoms with van der Waals surface area (Å²) in [6.45, 7) is 1.76. The summed E-state index contributed by atoms with van der Waals surface area (Å²) in [7, 11) is 0. The van der Waals surface area contributed by atoms with Crippen LogP contribution in [-0.2, 0) is 0 Å². The second kappa shape index (κ2) is 7.29. The zero-order valence-electron chi connectivity index (χ0n) is 13.2. The lowest BCUT2D eigenvalue weighted by Crippen LogP contribution is -2.21. The molecule has 6 nitrogen and oxygen atoms in total. The molecule has 1 aliphatic heterocycles. The first-order valence-corrected chi connectivity index (χ1v) is 8.51. The highest BCUT2D eigenvalue weighted by atomic mass is 35.5. The van der Waals surface area contributed by atoms with Crippen LogP contribution in [0.1, 0.15) is 23.2 Å². The number of halogens is 2. The Morgan fingerprint density at radius 1 is 1.12 bits per heavy atom. The summed E-state index contributed by atoms with van der Waals surface area (Å²) in [6, 6.07) is 9.07. The van der Waals surface area contributed by atoms with Crippen LogP contribution in [0.3, 0.4) is 0 Å². The molecule has 2 aromatic rings. The molecule has 130 valence electrons. The molecule has 1 heterocycles. The Balaban J connectivity index is 1.89. The van der Waals surface area contributed by atoms with Gasteiger partial charge in [0.1, 0.15) is 0 Å². The van der Waals surface area contributed by atoms with Crippen LogP contribution in [0, 0.1) is 10.1 Å². The first-order valence-electron chi connectivity index (χ1n) is 7.76. The first kappa shape index (κ1) is 17.5. The van der Waals surface area contributed by atoms with E-state index in [4.69, 9.17) is 23.2 Å². The zero-order valence-corrected chi connectivity index (χ0v) is 14.7. The van der Waals surface area contributed by atoms with Crippen LogP contribution >= 0.6 is 23.2 Å². The Labute approximate surface area is 154 Å². The molecule has 25 heavy (non-hydrogen) atoms. The number of nitro benzene ring substituents is 1. The second-order valence-electron chi connectivity index (χ2n) is 5.71. The maximum absolute atomic E-state index is 12.6. The second-order valence-corrected chi connectivity index (χ2v) is 6.52. The molecule has 1 N–H and O–H groups in total. The number of nitro groups is 1. The van der Waals surface area contributed by atoms with Crippen molar-refractivity contribution < 1.29 is 9.72 Å². The average molecular weight is 380 g/mol. The molecule has 0 saturated carbocycles. The van der Waals surface area contributed by atoms with E-state index in [0.29, 0.717) is 10.7 Å². The quantitative estimate of drug-likeness (QED) is 0.613. The van der Waals surface area contributed by atoms with Gasteiger partial charge in [-0.2, -0.15) is 0 Å². The largest absolute Gasteiger partial charge is 0.369 e. The normalized spacial score (nSPS) is 13.8. The van der Waals surface area contributed by atoms with E-state index in [0.717, 1.165) is 37.7 Å². The monoisotopic (exact) mass is 379 g/mol. The molecule has 0 unspecified atom stereocenters. The predicted molar refractivity (Wildman–Crippen MR) is 99.0 cm³/mol. The van der Waals surface area contributed by atoms with Gasteiger partial charge in [0.2, 0.25) is 0 Å². The van der Waals surface area contributed by atoms with Gasteiger partial charge in [-0.25, -0.2) is 0 Å². The van der Waals surface area contributed by atoms with Gasteiger partial charge in [0.05, 0.1) is 31.9 Å².